The maximum absolute atomic E-state index is 9.83. The van der Waals surface area contributed by atoms with Crippen LogP contribution in [-0.4, -0.2) is 41.2 Å². The number of aliphatic hydroxyl groups is 1. The molecule has 0 saturated heterocycles. The van der Waals surface area contributed by atoms with E-state index in [-0.39, 0.29) is 0 Å². The normalized spacial score (nSPS) is 16.6. The van der Waals surface area contributed by atoms with Gasteiger partial charge in [-0.05, 0) is 24.3 Å². The molecule has 0 spiro atoms. The molecule has 1 unspecified atom stereocenters. The molecule has 1 heterocycles. The standard InChI is InChI=1S/C15H21N3O2/c19-14(10-20-9-11-4-5-11)8-16-6-12-2-1-3-13-7-17-18-15(12)13/h1-3,7,11,14,16,19H,4-6,8-10H2,(H,17,18). The van der Waals surface area contributed by atoms with Crippen LogP contribution in [0.3, 0.4) is 0 Å². The van der Waals surface area contributed by atoms with E-state index in [4.69, 9.17) is 4.74 Å². The van der Waals surface area contributed by atoms with Crippen LogP contribution < -0.4 is 5.32 Å². The molecule has 3 N–H and O–H groups in total. The number of aromatic nitrogens is 2. The zero-order chi connectivity index (χ0) is 13.8. The van der Waals surface area contributed by atoms with Crippen LogP contribution in [0.2, 0.25) is 0 Å². The van der Waals surface area contributed by atoms with Crippen molar-refractivity contribution in [3.8, 4) is 0 Å². The second kappa shape index (κ2) is 6.35. The molecule has 5 nitrogen and oxygen atoms in total. The highest BCUT2D eigenvalue weighted by molar-refractivity contribution is 5.81. The van der Waals surface area contributed by atoms with Gasteiger partial charge in [0.2, 0.25) is 0 Å². The van der Waals surface area contributed by atoms with E-state index < -0.39 is 6.10 Å². The Morgan fingerprint density at radius 1 is 1.45 bits per heavy atom. The Balaban J connectivity index is 1.41. The second-order valence-electron chi connectivity index (χ2n) is 5.52. The average Bonchev–Trinajstić information content (AvgIpc) is 3.14. The number of H-pyrrole nitrogens is 1. The molecule has 1 aromatic carbocycles. The van der Waals surface area contributed by atoms with E-state index in [1.54, 1.807) is 0 Å². The molecule has 5 heteroatoms. The van der Waals surface area contributed by atoms with Crippen LogP contribution in [-0.2, 0) is 11.3 Å². The lowest BCUT2D eigenvalue weighted by Gasteiger charge is -2.12. The number of hydrogen-bond donors (Lipinski definition) is 3. The van der Waals surface area contributed by atoms with Crippen molar-refractivity contribution in [3.63, 3.8) is 0 Å². The van der Waals surface area contributed by atoms with Crippen LogP contribution in [0.1, 0.15) is 18.4 Å². The molecule has 108 valence electrons. The Morgan fingerprint density at radius 3 is 3.20 bits per heavy atom. The van der Waals surface area contributed by atoms with E-state index >= 15 is 0 Å². The number of nitrogens with one attached hydrogen (secondary N) is 2. The Morgan fingerprint density at radius 2 is 2.35 bits per heavy atom. The third kappa shape index (κ3) is 3.56. The first-order chi connectivity index (χ1) is 9.83. The van der Waals surface area contributed by atoms with Crippen molar-refractivity contribution < 1.29 is 9.84 Å². The maximum Gasteiger partial charge on any atom is 0.0897 e. The van der Waals surface area contributed by atoms with Crippen LogP contribution in [0.4, 0.5) is 0 Å². The number of para-hydroxylation sites is 1. The molecule has 0 radical (unpaired) electrons. The van der Waals surface area contributed by atoms with Gasteiger partial charge in [0.1, 0.15) is 0 Å². The fourth-order valence-electron chi connectivity index (χ4n) is 2.27. The number of nitrogens with zero attached hydrogens (tertiary/aromatic N) is 1. The van der Waals surface area contributed by atoms with Gasteiger partial charge in [-0.15, -0.1) is 0 Å². The molecule has 1 aliphatic carbocycles. The van der Waals surface area contributed by atoms with E-state index in [0.717, 1.165) is 29.0 Å². The van der Waals surface area contributed by atoms with Crippen LogP contribution in [0.25, 0.3) is 10.9 Å². The molecule has 2 aromatic rings. The van der Waals surface area contributed by atoms with Crippen molar-refractivity contribution in [2.75, 3.05) is 19.8 Å². The van der Waals surface area contributed by atoms with Crippen molar-refractivity contribution >= 4 is 10.9 Å². The predicted octanol–water partition coefficient (Wildman–Crippen LogP) is 1.44. The summed E-state index contributed by atoms with van der Waals surface area (Å²) in [5.74, 6) is 0.744. The number of fused-ring (bicyclic) bond motifs is 1. The molecular weight excluding hydrogens is 254 g/mol. The number of aromatic amines is 1. The molecule has 1 fully saturated rings. The summed E-state index contributed by atoms with van der Waals surface area (Å²) in [6, 6.07) is 6.11. The number of aliphatic hydroxyl groups excluding tert-OH is 1. The minimum atomic E-state index is -0.449. The second-order valence-corrected chi connectivity index (χ2v) is 5.52. The molecule has 3 rings (SSSR count). The number of benzene rings is 1. The largest absolute Gasteiger partial charge is 0.389 e. The van der Waals surface area contributed by atoms with Gasteiger partial charge in [-0.1, -0.05) is 18.2 Å². The van der Waals surface area contributed by atoms with Gasteiger partial charge in [-0.3, -0.25) is 5.10 Å². The van der Waals surface area contributed by atoms with Crippen molar-refractivity contribution in [2.45, 2.75) is 25.5 Å². The fraction of sp³-hybridized carbons (Fsp3) is 0.533. The van der Waals surface area contributed by atoms with E-state index in [0.29, 0.717) is 19.7 Å². The summed E-state index contributed by atoms with van der Waals surface area (Å²) in [4.78, 5) is 0. The van der Waals surface area contributed by atoms with Gasteiger partial charge in [0.05, 0.1) is 24.4 Å². The van der Waals surface area contributed by atoms with Gasteiger partial charge in [0.15, 0.2) is 0 Å². The smallest absolute Gasteiger partial charge is 0.0897 e. The molecule has 0 amide bonds. The predicted molar refractivity (Wildman–Crippen MR) is 77.4 cm³/mol. The Hall–Kier alpha value is -1.43. The minimum Gasteiger partial charge on any atom is -0.389 e. The summed E-state index contributed by atoms with van der Waals surface area (Å²) in [6.07, 6.45) is 3.93. The number of hydrogen-bond acceptors (Lipinski definition) is 4. The Kier molecular flexibility index (Phi) is 4.30. The van der Waals surface area contributed by atoms with Gasteiger partial charge in [0, 0.05) is 25.1 Å². The van der Waals surface area contributed by atoms with Crippen LogP contribution >= 0.6 is 0 Å². The Labute approximate surface area is 118 Å². The third-order valence-corrected chi connectivity index (χ3v) is 3.62. The van der Waals surface area contributed by atoms with E-state index in [9.17, 15) is 5.11 Å². The van der Waals surface area contributed by atoms with Crippen LogP contribution in [0.5, 0.6) is 0 Å². The first-order valence-corrected chi connectivity index (χ1v) is 7.20. The lowest BCUT2D eigenvalue weighted by atomic mass is 10.1. The molecular formula is C15H21N3O2. The van der Waals surface area contributed by atoms with Crippen molar-refractivity contribution in [1.82, 2.24) is 15.5 Å². The van der Waals surface area contributed by atoms with Crippen molar-refractivity contribution in [3.05, 3.63) is 30.0 Å². The molecule has 0 bridgehead atoms. The first-order valence-electron chi connectivity index (χ1n) is 7.20. The van der Waals surface area contributed by atoms with Crippen molar-refractivity contribution in [1.29, 1.82) is 0 Å². The van der Waals surface area contributed by atoms with E-state index in [2.05, 4.69) is 21.6 Å². The molecule has 1 aromatic heterocycles. The first kappa shape index (κ1) is 13.5. The zero-order valence-corrected chi connectivity index (χ0v) is 11.5. The molecule has 20 heavy (non-hydrogen) atoms. The summed E-state index contributed by atoms with van der Waals surface area (Å²) in [7, 11) is 0. The average molecular weight is 275 g/mol. The van der Waals surface area contributed by atoms with Gasteiger partial charge < -0.3 is 15.2 Å². The Bertz CT molecular complexity index is 551. The van der Waals surface area contributed by atoms with Gasteiger partial charge in [-0.25, -0.2) is 0 Å². The highest BCUT2D eigenvalue weighted by Crippen LogP contribution is 2.28. The topological polar surface area (TPSA) is 70.2 Å². The molecule has 1 atom stereocenters. The van der Waals surface area contributed by atoms with E-state index in [1.807, 2.05) is 18.3 Å². The highest BCUT2D eigenvalue weighted by atomic mass is 16.5. The highest BCUT2D eigenvalue weighted by Gasteiger charge is 2.21. The fourth-order valence-corrected chi connectivity index (χ4v) is 2.27. The van der Waals surface area contributed by atoms with Crippen molar-refractivity contribution in [2.24, 2.45) is 5.92 Å². The van der Waals surface area contributed by atoms with E-state index in [1.165, 1.54) is 12.8 Å². The number of ether oxygens (including phenoxy) is 1. The summed E-state index contributed by atoms with van der Waals surface area (Å²) in [5, 5.41) is 21.2. The maximum atomic E-state index is 9.83. The third-order valence-electron chi connectivity index (χ3n) is 3.62. The summed E-state index contributed by atoms with van der Waals surface area (Å²) in [6.45, 7) is 2.46. The lowest BCUT2D eigenvalue weighted by molar-refractivity contribution is 0.0324. The van der Waals surface area contributed by atoms with Gasteiger partial charge in [-0.2, -0.15) is 5.10 Å². The minimum absolute atomic E-state index is 0.414. The monoisotopic (exact) mass is 275 g/mol. The molecule has 0 aliphatic heterocycles. The summed E-state index contributed by atoms with van der Waals surface area (Å²) in [5.41, 5.74) is 2.21. The zero-order valence-electron chi connectivity index (χ0n) is 11.5. The lowest BCUT2D eigenvalue weighted by Crippen LogP contribution is -2.30. The molecule has 1 saturated carbocycles. The summed E-state index contributed by atoms with van der Waals surface area (Å²) < 4.78 is 5.47. The van der Waals surface area contributed by atoms with Gasteiger partial charge >= 0.3 is 0 Å². The molecule has 1 aliphatic rings. The number of rotatable bonds is 8. The van der Waals surface area contributed by atoms with Gasteiger partial charge in [0.25, 0.3) is 0 Å². The summed E-state index contributed by atoms with van der Waals surface area (Å²) >= 11 is 0. The van der Waals surface area contributed by atoms with Crippen LogP contribution in [0.15, 0.2) is 24.4 Å². The quantitative estimate of drug-likeness (QED) is 0.682. The SMILES string of the molecule is OC(CNCc1cccc2cn[nH]c12)COCC1CC1. The van der Waals surface area contributed by atoms with Crippen LogP contribution in [0, 0.1) is 5.92 Å².